The van der Waals surface area contributed by atoms with Gasteiger partial charge in [0.2, 0.25) is 0 Å². The molecule has 0 atom stereocenters. The first-order chi connectivity index (χ1) is 7.61. The van der Waals surface area contributed by atoms with Gasteiger partial charge in [-0.1, -0.05) is 0 Å². The van der Waals surface area contributed by atoms with Gasteiger partial charge >= 0.3 is 0 Å². The summed E-state index contributed by atoms with van der Waals surface area (Å²) in [7, 11) is -2.87. The molecule has 1 aromatic rings. The minimum absolute atomic E-state index is 0.137. The van der Waals surface area contributed by atoms with Crippen molar-refractivity contribution in [3.05, 3.63) is 17.8 Å². The summed E-state index contributed by atoms with van der Waals surface area (Å²) in [4.78, 5) is 1.88. The van der Waals surface area contributed by atoms with Crippen LogP contribution in [-0.2, 0) is 16.4 Å². The zero-order chi connectivity index (χ0) is 11.6. The molecule has 1 aliphatic heterocycles. The third-order valence-corrected chi connectivity index (χ3v) is 4.15. The summed E-state index contributed by atoms with van der Waals surface area (Å²) < 4.78 is 22.5. The molecule has 0 saturated carbocycles. The van der Waals surface area contributed by atoms with Crippen LogP contribution in [0, 0.1) is 0 Å². The van der Waals surface area contributed by atoms with E-state index in [0.29, 0.717) is 24.6 Å². The fourth-order valence-corrected chi connectivity index (χ4v) is 2.75. The van der Waals surface area contributed by atoms with E-state index < -0.39 is 9.84 Å². The van der Waals surface area contributed by atoms with Crippen LogP contribution >= 0.6 is 0 Å². The van der Waals surface area contributed by atoms with Crippen LogP contribution in [-0.4, -0.2) is 48.3 Å². The molecule has 88 valence electrons. The van der Waals surface area contributed by atoms with Gasteiger partial charge in [-0.25, -0.2) is 8.42 Å². The number of aliphatic hydroxyl groups is 1. The van der Waals surface area contributed by atoms with E-state index in [2.05, 4.69) is 10.2 Å². The lowest BCUT2D eigenvalue weighted by Crippen LogP contribution is -2.40. The van der Waals surface area contributed by atoms with Crippen molar-refractivity contribution >= 4 is 15.7 Å². The van der Waals surface area contributed by atoms with Gasteiger partial charge in [-0.15, -0.1) is 5.10 Å². The molecule has 0 spiro atoms. The molecule has 0 aromatic carbocycles. The number of hydrogen-bond donors (Lipinski definition) is 1. The molecule has 7 heteroatoms. The number of aliphatic hydroxyl groups excluding tert-OH is 1. The Bertz CT molecular complexity index is 443. The summed E-state index contributed by atoms with van der Waals surface area (Å²) in [5.41, 5.74) is 0.508. The van der Waals surface area contributed by atoms with Gasteiger partial charge in [0.15, 0.2) is 15.7 Å². The number of hydrogen-bond acceptors (Lipinski definition) is 6. The Kier molecular flexibility index (Phi) is 3.06. The van der Waals surface area contributed by atoms with Crippen molar-refractivity contribution in [3.8, 4) is 0 Å². The van der Waals surface area contributed by atoms with Crippen LogP contribution in [0.25, 0.3) is 0 Å². The summed E-state index contributed by atoms with van der Waals surface area (Å²) in [6.07, 6.45) is 0. The zero-order valence-electron chi connectivity index (χ0n) is 8.70. The summed E-state index contributed by atoms with van der Waals surface area (Å²) in [6.45, 7) is 0.770. The highest BCUT2D eigenvalue weighted by atomic mass is 32.2. The maximum atomic E-state index is 11.2. The van der Waals surface area contributed by atoms with Crippen LogP contribution in [0.1, 0.15) is 5.69 Å². The first kappa shape index (κ1) is 11.3. The number of rotatable bonds is 2. The Balaban J connectivity index is 2.08. The van der Waals surface area contributed by atoms with Gasteiger partial charge in [0.25, 0.3) is 0 Å². The molecule has 1 N–H and O–H groups in total. The number of sulfone groups is 1. The monoisotopic (exact) mass is 243 g/mol. The van der Waals surface area contributed by atoms with Gasteiger partial charge in [-0.2, -0.15) is 5.10 Å². The highest BCUT2D eigenvalue weighted by molar-refractivity contribution is 7.91. The van der Waals surface area contributed by atoms with Crippen LogP contribution < -0.4 is 4.90 Å². The molecule has 1 aliphatic rings. The SMILES string of the molecule is O=S1(=O)CCN(c2ccc(CO)nn2)CC1. The smallest absolute Gasteiger partial charge is 0.153 e. The van der Waals surface area contributed by atoms with Gasteiger partial charge in [-0.05, 0) is 12.1 Å². The number of aromatic nitrogens is 2. The van der Waals surface area contributed by atoms with E-state index in [1.165, 1.54) is 0 Å². The molecular weight excluding hydrogens is 230 g/mol. The van der Waals surface area contributed by atoms with Crippen molar-refractivity contribution in [3.63, 3.8) is 0 Å². The van der Waals surface area contributed by atoms with Crippen LogP contribution in [0.15, 0.2) is 12.1 Å². The Morgan fingerprint density at radius 2 is 1.94 bits per heavy atom. The molecule has 0 unspecified atom stereocenters. The summed E-state index contributed by atoms with van der Waals surface area (Å²) in [5.74, 6) is 0.986. The second-order valence-electron chi connectivity index (χ2n) is 3.68. The second kappa shape index (κ2) is 4.34. The fourth-order valence-electron chi connectivity index (χ4n) is 1.55. The second-order valence-corrected chi connectivity index (χ2v) is 5.98. The van der Waals surface area contributed by atoms with Gasteiger partial charge < -0.3 is 10.0 Å². The van der Waals surface area contributed by atoms with Gasteiger partial charge in [-0.3, -0.25) is 0 Å². The minimum Gasteiger partial charge on any atom is -0.390 e. The summed E-state index contributed by atoms with van der Waals surface area (Å²) in [5, 5.41) is 16.6. The number of anilines is 1. The Hall–Kier alpha value is -1.21. The van der Waals surface area contributed by atoms with Gasteiger partial charge in [0.1, 0.15) is 0 Å². The zero-order valence-corrected chi connectivity index (χ0v) is 9.52. The molecule has 6 nitrogen and oxygen atoms in total. The standard InChI is InChI=1S/C9H13N3O3S/c13-7-8-1-2-9(11-10-8)12-3-5-16(14,15)6-4-12/h1-2,13H,3-7H2. The Morgan fingerprint density at radius 3 is 2.44 bits per heavy atom. The molecule has 0 aliphatic carbocycles. The van der Waals surface area contributed by atoms with Crippen LogP contribution in [0.5, 0.6) is 0 Å². The highest BCUT2D eigenvalue weighted by Crippen LogP contribution is 2.13. The fraction of sp³-hybridized carbons (Fsp3) is 0.556. The van der Waals surface area contributed by atoms with E-state index in [-0.39, 0.29) is 18.1 Å². The minimum atomic E-state index is -2.87. The molecule has 2 rings (SSSR count). The predicted molar refractivity (Wildman–Crippen MR) is 58.8 cm³/mol. The normalized spacial score (nSPS) is 19.7. The van der Waals surface area contributed by atoms with E-state index in [9.17, 15) is 8.42 Å². The van der Waals surface area contributed by atoms with E-state index in [1.807, 2.05) is 4.90 Å². The van der Waals surface area contributed by atoms with Crippen LogP contribution in [0.3, 0.4) is 0 Å². The van der Waals surface area contributed by atoms with Gasteiger partial charge in [0, 0.05) is 13.1 Å². The molecule has 0 radical (unpaired) electrons. The molecule has 0 amide bonds. The first-order valence-corrected chi connectivity index (χ1v) is 6.82. The third-order valence-electron chi connectivity index (χ3n) is 2.54. The van der Waals surface area contributed by atoms with E-state index >= 15 is 0 Å². The Morgan fingerprint density at radius 1 is 1.25 bits per heavy atom. The topological polar surface area (TPSA) is 83.4 Å². The van der Waals surface area contributed by atoms with E-state index in [4.69, 9.17) is 5.11 Å². The van der Waals surface area contributed by atoms with E-state index in [1.54, 1.807) is 12.1 Å². The molecule has 16 heavy (non-hydrogen) atoms. The lowest BCUT2D eigenvalue weighted by atomic mass is 10.4. The lowest BCUT2D eigenvalue weighted by molar-refractivity contribution is 0.275. The van der Waals surface area contributed by atoms with E-state index in [0.717, 1.165) is 0 Å². The van der Waals surface area contributed by atoms with Crippen molar-refractivity contribution in [2.24, 2.45) is 0 Å². The molecule has 2 heterocycles. The molecule has 1 fully saturated rings. The maximum Gasteiger partial charge on any atom is 0.153 e. The predicted octanol–water partition coefficient (Wildman–Crippen LogP) is -0.796. The average Bonchev–Trinajstić information content (AvgIpc) is 2.29. The molecule has 0 bridgehead atoms. The van der Waals surface area contributed by atoms with Crippen molar-refractivity contribution in [1.82, 2.24) is 10.2 Å². The van der Waals surface area contributed by atoms with Crippen molar-refractivity contribution in [2.75, 3.05) is 29.5 Å². The van der Waals surface area contributed by atoms with Crippen molar-refractivity contribution in [2.45, 2.75) is 6.61 Å². The van der Waals surface area contributed by atoms with Gasteiger partial charge in [0.05, 0.1) is 23.8 Å². The Labute approximate surface area is 93.8 Å². The molecular formula is C9H13N3O3S. The molecule has 1 saturated heterocycles. The third kappa shape index (κ3) is 2.48. The highest BCUT2D eigenvalue weighted by Gasteiger charge is 2.22. The molecule has 1 aromatic heterocycles. The largest absolute Gasteiger partial charge is 0.390 e. The average molecular weight is 243 g/mol. The lowest BCUT2D eigenvalue weighted by Gasteiger charge is -2.27. The summed E-state index contributed by atoms with van der Waals surface area (Å²) >= 11 is 0. The first-order valence-electron chi connectivity index (χ1n) is 4.99. The van der Waals surface area contributed by atoms with Crippen molar-refractivity contribution < 1.29 is 13.5 Å². The van der Waals surface area contributed by atoms with Crippen LogP contribution in [0.4, 0.5) is 5.82 Å². The van der Waals surface area contributed by atoms with Crippen molar-refractivity contribution in [1.29, 1.82) is 0 Å². The number of nitrogens with zero attached hydrogens (tertiary/aromatic N) is 3. The summed E-state index contributed by atoms with van der Waals surface area (Å²) in [6, 6.07) is 3.43. The quantitative estimate of drug-likeness (QED) is 0.732. The van der Waals surface area contributed by atoms with Crippen LogP contribution in [0.2, 0.25) is 0 Å². The maximum absolute atomic E-state index is 11.2.